The van der Waals surface area contributed by atoms with Crippen molar-refractivity contribution in [2.75, 3.05) is 0 Å². The molecule has 7 nitrogen and oxygen atoms in total. The molecule has 3 aromatic rings. The van der Waals surface area contributed by atoms with Crippen LogP contribution in [0.5, 0.6) is 5.75 Å². The fraction of sp³-hybridized carbons (Fsp3) is 0.150. The van der Waals surface area contributed by atoms with E-state index in [1.54, 1.807) is 56.4 Å². The number of carbonyl (C=O) groups excluding carboxylic acids is 2. The van der Waals surface area contributed by atoms with E-state index in [2.05, 4.69) is 26.8 Å². The summed E-state index contributed by atoms with van der Waals surface area (Å²) in [6.45, 7) is 1.57. The molecule has 0 saturated heterocycles. The highest BCUT2D eigenvalue weighted by Crippen LogP contribution is 2.19. The second-order valence-corrected chi connectivity index (χ2v) is 7.05. The molecular formula is C20H18BrN3O4. The first-order valence-corrected chi connectivity index (χ1v) is 9.27. The highest BCUT2D eigenvalue weighted by Gasteiger charge is 2.18. The van der Waals surface area contributed by atoms with Crippen LogP contribution in [0.15, 0.2) is 63.9 Å². The Balaban J connectivity index is 1.70. The molecule has 0 saturated carbocycles. The summed E-state index contributed by atoms with van der Waals surface area (Å²) in [4.78, 5) is 36.9. The number of nitrogens with zero attached hydrogens (tertiary/aromatic N) is 1. The third-order valence-corrected chi connectivity index (χ3v) is 4.67. The molecular weight excluding hydrogens is 426 g/mol. The molecule has 0 bridgehead atoms. The number of pyridine rings is 1. The Hall–Kier alpha value is -3.13. The second kappa shape index (κ2) is 8.26. The lowest BCUT2D eigenvalue weighted by molar-refractivity contribution is -0.128. The highest BCUT2D eigenvalue weighted by atomic mass is 79.9. The molecule has 0 spiro atoms. The minimum absolute atomic E-state index is 0.180. The average Bonchev–Trinajstić information content (AvgIpc) is 2.68. The van der Waals surface area contributed by atoms with Gasteiger partial charge in [-0.25, -0.2) is 0 Å². The number of rotatable bonds is 4. The van der Waals surface area contributed by atoms with Crippen LogP contribution in [0.4, 0.5) is 0 Å². The van der Waals surface area contributed by atoms with E-state index < -0.39 is 17.9 Å². The SMILES string of the molecule is CC(Oc1cccc(Br)c1)C(=O)NNC(=O)c1cc(=O)n(C)c2ccccc12. The molecule has 2 N–H and O–H groups in total. The Morgan fingerprint density at radius 1 is 1.07 bits per heavy atom. The second-order valence-electron chi connectivity index (χ2n) is 6.13. The minimum atomic E-state index is -0.838. The quantitative estimate of drug-likeness (QED) is 0.606. The molecule has 2 aromatic carbocycles. The van der Waals surface area contributed by atoms with Crippen LogP contribution >= 0.6 is 15.9 Å². The van der Waals surface area contributed by atoms with Gasteiger partial charge in [0.2, 0.25) is 0 Å². The molecule has 3 rings (SSSR count). The van der Waals surface area contributed by atoms with E-state index >= 15 is 0 Å². The van der Waals surface area contributed by atoms with Gasteiger partial charge >= 0.3 is 0 Å². The maximum atomic E-state index is 12.5. The number of ether oxygens (including phenoxy) is 1. The van der Waals surface area contributed by atoms with Crippen LogP contribution in [0.3, 0.4) is 0 Å². The van der Waals surface area contributed by atoms with Crippen LogP contribution in [0.25, 0.3) is 10.9 Å². The molecule has 0 aliphatic rings. The maximum Gasteiger partial charge on any atom is 0.279 e. The zero-order valence-electron chi connectivity index (χ0n) is 15.2. The lowest BCUT2D eigenvalue weighted by Crippen LogP contribution is -2.47. The molecule has 0 aliphatic carbocycles. The highest BCUT2D eigenvalue weighted by molar-refractivity contribution is 9.10. The summed E-state index contributed by atoms with van der Waals surface area (Å²) in [6, 6.07) is 15.4. The van der Waals surface area contributed by atoms with Crippen LogP contribution in [0.2, 0.25) is 0 Å². The first kappa shape index (κ1) is 19.6. The lowest BCUT2D eigenvalue weighted by Gasteiger charge is -2.16. The summed E-state index contributed by atoms with van der Waals surface area (Å²) < 4.78 is 7.83. The molecule has 2 amide bonds. The van der Waals surface area contributed by atoms with E-state index in [1.165, 1.54) is 10.6 Å². The van der Waals surface area contributed by atoms with Gasteiger partial charge in [-0.3, -0.25) is 25.2 Å². The molecule has 1 heterocycles. The summed E-state index contributed by atoms with van der Waals surface area (Å²) in [5.41, 5.74) is 5.16. The van der Waals surface area contributed by atoms with Gasteiger partial charge in [-0.05, 0) is 31.2 Å². The standard InChI is InChI=1S/C20H18BrN3O4/c1-12(28-14-7-5-6-13(21)10-14)19(26)22-23-20(27)16-11-18(25)24(2)17-9-4-3-8-15(16)17/h3-12H,1-2H3,(H,22,26)(H,23,27). The number of carbonyl (C=O) groups is 2. The van der Waals surface area contributed by atoms with E-state index in [1.807, 2.05) is 6.07 Å². The Labute approximate surface area is 169 Å². The van der Waals surface area contributed by atoms with Crippen molar-refractivity contribution in [1.82, 2.24) is 15.4 Å². The summed E-state index contributed by atoms with van der Waals surface area (Å²) in [5.74, 6) is -0.598. The number of benzene rings is 2. The molecule has 1 atom stereocenters. The van der Waals surface area contributed by atoms with Crippen LogP contribution in [0.1, 0.15) is 17.3 Å². The topological polar surface area (TPSA) is 89.4 Å². The van der Waals surface area contributed by atoms with Gasteiger partial charge in [0.05, 0.1) is 11.1 Å². The smallest absolute Gasteiger partial charge is 0.279 e. The number of halogens is 1. The molecule has 0 radical (unpaired) electrons. The number of para-hydroxylation sites is 1. The van der Waals surface area contributed by atoms with Gasteiger partial charge in [0.1, 0.15) is 5.75 Å². The van der Waals surface area contributed by atoms with Crippen molar-refractivity contribution in [3.63, 3.8) is 0 Å². The van der Waals surface area contributed by atoms with E-state index in [0.29, 0.717) is 16.7 Å². The first-order valence-electron chi connectivity index (χ1n) is 8.48. The van der Waals surface area contributed by atoms with Crippen LogP contribution in [0, 0.1) is 0 Å². The molecule has 28 heavy (non-hydrogen) atoms. The van der Waals surface area contributed by atoms with Crippen molar-refractivity contribution in [2.24, 2.45) is 7.05 Å². The Morgan fingerprint density at radius 2 is 1.82 bits per heavy atom. The van der Waals surface area contributed by atoms with Crippen molar-refractivity contribution in [3.05, 3.63) is 75.0 Å². The summed E-state index contributed by atoms with van der Waals surface area (Å²) in [7, 11) is 1.63. The Morgan fingerprint density at radius 3 is 2.57 bits per heavy atom. The number of nitrogens with one attached hydrogen (secondary N) is 2. The van der Waals surface area contributed by atoms with Gasteiger partial charge in [-0.15, -0.1) is 0 Å². The van der Waals surface area contributed by atoms with E-state index in [9.17, 15) is 14.4 Å². The van der Waals surface area contributed by atoms with Crippen molar-refractivity contribution in [1.29, 1.82) is 0 Å². The van der Waals surface area contributed by atoms with Gasteiger partial charge in [-0.1, -0.05) is 40.2 Å². The summed E-state index contributed by atoms with van der Waals surface area (Å²) >= 11 is 3.33. The fourth-order valence-corrected chi connectivity index (χ4v) is 3.06. The van der Waals surface area contributed by atoms with Crippen LogP contribution < -0.4 is 21.1 Å². The number of hydrogen-bond acceptors (Lipinski definition) is 4. The number of aromatic nitrogens is 1. The number of fused-ring (bicyclic) bond motifs is 1. The zero-order valence-corrected chi connectivity index (χ0v) is 16.8. The predicted molar refractivity (Wildman–Crippen MR) is 109 cm³/mol. The molecule has 1 unspecified atom stereocenters. The number of hydrazine groups is 1. The van der Waals surface area contributed by atoms with Gasteiger partial charge in [0, 0.05) is 23.0 Å². The lowest BCUT2D eigenvalue weighted by atomic mass is 10.1. The number of aryl methyl sites for hydroxylation is 1. The van der Waals surface area contributed by atoms with Gasteiger partial charge < -0.3 is 9.30 Å². The third kappa shape index (κ3) is 4.23. The monoisotopic (exact) mass is 443 g/mol. The van der Waals surface area contributed by atoms with Crippen LogP contribution in [-0.2, 0) is 11.8 Å². The van der Waals surface area contributed by atoms with Gasteiger partial charge in [0.25, 0.3) is 17.4 Å². The third-order valence-electron chi connectivity index (χ3n) is 4.18. The van der Waals surface area contributed by atoms with Crippen molar-refractivity contribution in [3.8, 4) is 5.75 Å². The zero-order chi connectivity index (χ0) is 20.3. The largest absolute Gasteiger partial charge is 0.481 e. The molecule has 144 valence electrons. The van der Waals surface area contributed by atoms with Crippen LogP contribution in [-0.4, -0.2) is 22.5 Å². The van der Waals surface area contributed by atoms with Crippen molar-refractivity contribution in [2.45, 2.75) is 13.0 Å². The van der Waals surface area contributed by atoms with E-state index in [0.717, 1.165) is 4.47 Å². The normalized spacial score (nSPS) is 11.7. The molecule has 0 fully saturated rings. The van der Waals surface area contributed by atoms with E-state index in [-0.39, 0.29) is 11.1 Å². The molecule has 0 aliphatic heterocycles. The first-order chi connectivity index (χ1) is 13.4. The molecule has 8 heteroatoms. The van der Waals surface area contributed by atoms with Crippen molar-refractivity contribution < 1.29 is 14.3 Å². The summed E-state index contributed by atoms with van der Waals surface area (Å²) in [5, 5.41) is 0.606. The summed E-state index contributed by atoms with van der Waals surface area (Å²) in [6.07, 6.45) is -0.838. The van der Waals surface area contributed by atoms with Crippen molar-refractivity contribution >= 4 is 38.6 Å². The predicted octanol–water partition coefficient (Wildman–Crippen LogP) is 2.53. The molecule has 1 aromatic heterocycles. The number of amides is 2. The Bertz CT molecular complexity index is 1110. The average molecular weight is 444 g/mol. The van der Waals surface area contributed by atoms with Gasteiger partial charge in [-0.2, -0.15) is 0 Å². The maximum absolute atomic E-state index is 12.5. The number of hydrogen-bond donors (Lipinski definition) is 2. The van der Waals surface area contributed by atoms with Gasteiger partial charge in [0.15, 0.2) is 6.10 Å². The Kier molecular flexibility index (Phi) is 5.79. The van der Waals surface area contributed by atoms with E-state index in [4.69, 9.17) is 4.74 Å². The minimum Gasteiger partial charge on any atom is -0.481 e. The fourth-order valence-electron chi connectivity index (χ4n) is 2.68.